The maximum absolute atomic E-state index is 13.6. The maximum atomic E-state index is 13.6. The van der Waals surface area contributed by atoms with E-state index in [1.54, 1.807) is 49.4 Å². The molecule has 0 radical (unpaired) electrons. The molecule has 4 aliphatic carbocycles. The van der Waals surface area contributed by atoms with E-state index in [0.717, 1.165) is 11.1 Å². The number of carbonyl (C=O) groups is 2. The molecule has 8 fully saturated rings. The third kappa shape index (κ3) is 12.6. The topological polar surface area (TPSA) is 263 Å². The second-order valence-corrected chi connectivity index (χ2v) is 26.8. The van der Waals surface area contributed by atoms with Gasteiger partial charge in [-0.3, -0.25) is 4.79 Å². The molecular formula is C63H102O22. The SMILES string of the molecule is COC1CC(OC2C(C)OC(OC3C(C)OC(OC4C(C)OC(OC5C(C)OC(OC6CCC7(C)C(=CCC8(O)C7CC(OC(=O)C=C(C)C(C)C)C7(C)C(O)(C(C)=O)CCC87O)C6)CC5OC)CC4OC)CC3OC)CC2OC)OC(C)C1O. The third-order valence-corrected chi connectivity index (χ3v) is 21.9. The average Bonchev–Trinajstić information content (AvgIpc) is 1.71. The quantitative estimate of drug-likeness (QED) is 0.0691. The lowest BCUT2D eigenvalue weighted by atomic mass is 9.42. The Bertz CT molecular complexity index is 2360. The summed E-state index contributed by atoms with van der Waals surface area (Å²) in [5.41, 5.74) is -6.15. The fraction of sp³-hybridized carbons (Fsp3) is 0.905. The van der Waals surface area contributed by atoms with Gasteiger partial charge in [0, 0.05) is 79.6 Å². The van der Waals surface area contributed by atoms with Gasteiger partial charge in [0.1, 0.15) is 53.4 Å². The van der Waals surface area contributed by atoms with Gasteiger partial charge >= 0.3 is 5.97 Å². The Morgan fingerprint density at radius 3 is 1.41 bits per heavy atom. The number of carbonyl (C=O) groups excluding carboxylic acids is 2. The van der Waals surface area contributed by atoms with E-state index < -0.39 is 168 Å². The molecule has 28 atom stereocenters. The second kappa shape index (κ2) is 26.6. The zero-order valence-electron chi connectivity index (χ0n) is 53.1. The van der Waals surface area contributed by atoms with Crippen molar-refractivity contribution < 1.29 is 106 Å². The van der Waals surface area contributed by atoms with Crippen molar-refractivity contribution in [2.75, 3.05) is 35.5 Å². The number of hydrogen-bond acceptors (Lipinski definition) is 22. The van der Waals surface area contributed by atoms with Crippen molar-refractivity contribution >= 4 is 11.8 Å². The highest BCUT2D eigenvalue weighted by molar-refractivity contribution is 5.87. The summed E-state index contributed by atoms with van der Waals surface area (Å²) in [4.78, 5) is 27.0. The molecule has 9 rings (SSSR count). The van der Waals surface area contributed by atoms with Gasteiger partial charge < -0.3 is 96.2 Å². The minimum Gasteiger partial charge on any atom is -0.458 e. The molecule has 0 aromatic carbocycles. The summed E-state index contributed by atoms with van der Waals surface area (Å²) in [7, 11) is 8.13. The van der Waals surface area contributed by atoms with Gasteiger partial charge in [-0.1, -0.05) is 38.0 Å². The summed E-state index contributed by atoms with van der Waals surface area (Å²) in [5, 5.41) is 48.6. The Hall–Kier alpha value is -2.14. The minimum absolute atomic E-state index is 0.0395. The van der Waals surface area contributed by atoms with Crippen LogP contribution in [0.25, 0.3) is 0 Å². The van der Waals surface area contributed by atoms with Gasteiger partial charge in [-0.25, -0.2) is 4.79 Å². The molecule has 5 heterocycles. The fourth-order valence-corrected chi connectivity index (χ4v) is 16.3. The Kier molecular flexibility index (Phi) is 21.0. The molecule has 3 saturated carbocycles. The number of aliphatic hydroxyl groups is 4. The Morgan fingerprint density at radius 2 is 1.00 bits per heavy atom. The first kappa shape index (κ1) is 67.3. The molecule has 0 amide bonds. The minimum atomic E-state index is -2.03. The van der Waals surface area contributed by atoms with E-state index in [1.165, 1.54) is 13.0 Å². The molecule has 5 aliphatic heterocycles. The lowest BCUT2D eigenvalue weighted by Gasteiger charge is -2.67. The number of esters is 1. The van der Waals surface area contributed by atoms with Crippen LogP contribution in [0, 0.1) is 22.7 Å². The van der Waals surface area contributed by atoms with E-state index in [0.29, 0.717) is 51.4 Å². The third-order valence-electron chi connectivity index (χ3n) is 21.9. The van der Waals surface area contributed by atoms with E-state index in [4.69, 9.17) is 75.8 Å². The summed E-state index contributed by atoms with van der Waals surface area (Å²) in [6.45, 7) is 20.3. The van der Waals surface area contributed by atoms with Crippen LogP contribution in [0.2, 0.25) is 0 Å². The molecule has 0 spiro atoms. The molecule has 4 N–H and O–H groups in total. The second-order valence-electron chi connectivity index (χ2n) is 26.8. The first-order valence-corrected chi connectivity index (χ1v) is 31.2. The summed E-state index contributed by atoms with van der Waals surface area (Å²) < 4.78 is 101. The molecule has 5 saturated heterocycles. The predicted octanol–water partition coefficient (Wildman–Crippen LogP) is 5.66. The Morgan fingerprint density at radius 1 is 0.588 bits per heavy atom. The van der Waals surface area contributed by atoms with Crippen molar-refractivity contribution in [3.63, 3.8) is 0 Å². The molecule has 0 bridgehead atoms. The summed E-state index contributed by atoms with van der Waals surface area (Å²) in [5.74, 6) is -1.63. The standard InChI is InChI=1S/C63H102O22/c1-31(2)32(3)23-48(65)81-47-30-46-59(10)19-18-40(24-39(59)17-20-62(46,68)63(69)22-21-61(67,38(9)64)60(47,63)11)80-49-26-42(71-13)55(34(5)76-49)83-51-28-44(73-15)57(36(7)78-51)85-53-29-45(74-16)58(37(8)79-53)84-52-27-43(72-14)56(35(6)77-52)82-50-25-41(70-12)54(66)33(4)75-50/h17,23,31,33-37,40-47,49-58,66-69H,18-22,24-30H2,1-16H3. The number of rotatable bonds is 19. The lowest BCUT2D eigenvalue weighted by molar-refractivity contribution is -0.352. The van der Waals surface area contributed by atoms with Gasteiger partial charge in [-0.2, -0.15) is 0 Å². The zero-order chi connectivity index (χ0) is 61.9. The largest absolute Gasteiger partial charge is 0.458 e. The van der Waals surface area contributed by atoms with E-state index in [-0.39, 0.29) is 43.8 Å². The molecule has 9 aliphatic rings. The monoisotopic (exact) mass is 1210 g/mol. The normalized spacial score (nSPS) is 49.5. The van der Waals surface area contributed by atoms with Crippen LogP contribution in [-0.2, 0) is 85.4 Å². The molecule has 0 aromatic rings. The first-order valence-electron chi connectivity index (χ1n) is 31.2. The van der Waals surface area contributed by atoms with Crippen molar-refractivity contribution in [2.24, 2.45) is 22.7 Å². The van der Waals surface area contributed by atoms with Crippen molar-refractivity contribution in [1.82, 2.24) is 0 Å². The Balaban J connectivity index is 0.778. The average molecular weight is 1210 g/mol. The molecule has 22 heteroatoms. The highest BCUT2D eigenvalue weighted by Crippen LogP contribution is 2.71. The van der Waals surface area contributed by atoms with E-state index >= 15 is 0 Å². The number of ether oxygens (including phenoxy) is 16. The summed E-state index contributed by atoms with van der Waals surface area (Å²) >= 11 is 0. The van der Waals surface area contributed by atoms with Crippen LogP contribution in [0.15, 0.2) is 23.3 Å². The van der Waals surface area contributed by atoms with E-state index in [2.05, 4.69) is 6.92 Å². The highest BCUT2D eigenvalue weighted by Gasteiger charge is 2.81. The van der Waals surface area contributed by atoms with Crippen LogP contribution in [0.3, 0.4) is 0 Å². The summed E-state index contributed by atoms with van der Waals surface area (Å²) in [6.07, 6.45) is -4.41. The smallest absolute Gasteiger partial charge is 0.330 e. The van der Waals surface area contributed by atoms with Gasteiger partial charge in [-0.15, -0.1) is 0 Å². The molecule has 85 heavy (non-hydrogen) atoms. The van der Waals surface area contributed by atoms with E-state index in [9.17, 15) is 30.0 Å². The van der Waals surface area contributed by atoms with Gasteiger partial charge in [-0.05, 0) is 112 Å². The van der Waals surface area contributed by atoms with Crippen LogP contribution in [0.1, 0.15) is 153 Å². The number of aliphatic hydroxyl groups excluding tert-OH is 1. The van der Waals surface area contributed by atoms with Crippen LogP contribution in [0.4, 0.5) is 0 Å². The van der Waals surface area contributed by atoms with Crippen molar-refractivity contribution in [3.05, 3.63) is 23.3 Å². The lowest BCUT2D eigenvalue weighted by Crippen LogP contribution is -2.78. The van der Waals surface area contributed by atoms with Gasteiger partial charge in [0.2, 0.25) is 0 Å². The van der Waals surface area contributed by atoms with Crippen molar-refractivity contribution in [1.29, 1.82) is 0 Å². The van der Waals surface area contributed by atoms with Crippen LogP contribution in [0.5, 0.6) is 0 Å². The summed E-state index contributed by atoms with van der Waals surface area (Å²) in [6, 6.07) is 0. The van der Waals surface area contributed by atoms with Gasteiger partial charge in [0.15, 0.2) is 37.2 Å². The van der Waals surface area contributed by atoms with Crippen molar-refractivity contribution in [3.8, 4) is 0 Å². The molecule has 22 nitrogen and oxygen atoms in total. The van der Waals surface area contributed by atoms with Crippen LogP contribution >= 0.6 is 0 Å². The predicted molar refractivity (Wildman–Crippen MR) is 303 cm³/mol. The van der Waals surface area contributed by atoms with Crippen molar-refractivity contribution in [2.45, 2.75) is 305 Å². The number of methoxy groups -OCH3 is 5. The number of ketones is 1. The maximum Gasteiger partial charge on any atom is 0.330 e. The number of Topliss-reactive ketones (excluding diaryl/α,β-unsaturated/α-hetero) is 1. The van der Waals surface area contributed by atoms with Crippen LogP contribution in [-0.4, -0.2) is 220 Å². The number of fused-ring (bicyclic) bond motifs is 5. The van der Waals surface area contributed by atoms with Crippen LogP contribution < -0.4 is 0 Å². The highest BCUT2D eigenvalue weighted by atomic mass is 16.8. The molecule has 0 aromatic heterocycles. The molecule has 28 unspecified atom stereocenters. The van der Waals surface area contributed by atoms with Gasteiger partial charge in [0.05, 0.1) is 72.6 Å². The van der Waals surface area contributed by atoms with E-state index in [1.807, 2.05) is 54.5 Å². The fourth-order valence-electron chi connectivity index (χ4n) is 16.3. The van der Waals surface area contributed by atoms with Gasteiger partial charge in [0.25, 0.3) is 0 Å². The number of allylic oxidation sites excluding steroid dienone is 1. The molecular weight excluding hydrogens is 1110 g/mol. The Labute approximate surface area is 502 Å². The zero-order valence-corrected chi connectivity index (χ0v) is 53.1. The molecule has 486 valence electrons. The first-order chi connectivity index (χ1) is 40.1. The number of hydrogen-bond donors (Lipinski definition) is 4.